The van der Waals surface area contributed by atoms with Crippen molar-refractivity contribution in [2.75, 3.05) is 25.1 Å². The molecule has 2 rings (SSSR count). The van der Waals surface area contributed by atoms with Crippen LogP contribution in [0.25, 0.3) is 0 Å². The number of amides is 1. The van der Waals surface area contributed by atoms with Crippen molar-refractivity contribution in [3.63, 3.8) is 0 Å². The fourth-order valence-corrected chi connectivity index (χ4v) is 2.30. The van der Waals surface area contributed by atoms with E-state index in [0.717, 1.165) is 17.5 Å². The van der Waals surface area contributed by atoms with E-state index in [1.165, 1.54) is 0 Å². The number of anilines is 1. The molecule has 0 fully saturated rings. The van der Waals surface area contributed by atoms with Gasteiger partial charge >= 0.3 is 5.97 Å². The van der Waals surface area contributed by atoms with E-state index < -0.39 is 11.9 Å². The minimum absolute atomic E-state index is 0.302. The Labute approximate surface area is 159 Å². The summed E-state index contributed by atoms with van der Waals surface area (Å²) >= 11 is 0. The Morgan fingerprint density at radius 3 is 2.33 bits per heavy atom. The first-order chi connectivity index (χ1) is 13.0. The van der Waals surface area contributed by atoms with Gasteiger partial charge in [-0.25, -0.2) is 4.79 Å². The third kappa shape index (κ3) is 6.33. The lowest BCUT2D eigenvalue weighted by atomic mass is 10.1. The van der Waals surface area contributed by atoms with Crippen LogP contribution in [0.4, 0.5) is 5.69 Å². The summed E-state index contributed by atoms with van der Waals surface area (Å²) in [4.78, 5) is 23.8. The molecule has 0 aromatic heterocycles. The van der Waals surface area contributed by atoms with Crippen LogP contribution in [0.2, 0.25) is 0 Å². The fourth-order valence-electron chi connectivity index (χ4n) is 2.30. The van der Waals surface area contributed by atoms with Crippen LogP contribution in [-0.2, 0) is 14.3 Å². The molecular weight excluding hydrogens is 346 g/mol. The average molecular weight is 371 g/mol. The molecule has 0 bridgehead atoms. The van der Waals surface area contributed by atoms with Crippen LogP contribution in [0.3, 0.4) is 0 Å². The molecule has 6 heteroatoms. The van der Waals surface area contributed by atoms with Gasteiger partial charge in [0.15, 0.2) is 24.7 Å². The quantitative estimate of drug-likeness (QED) is 0.681. The number of benzene rings is 2. The van der Waals surface area contributed by atoms with Gasteiger partial charge < -0.3 is 19.5 Å². The molecule has 0 aliphatic rings. The third-order valence-electron chi connectivity index (χ3n) is 3.90. The van der Waals surface area contributed by atoms with E-state index in [9.17, 15) is 9.59 Å². The molecule has 0 aliphatic heterocycles. The van der Waals surface area contributed by atoms with Crippen LogP contribution in [-0.4, -0.2) is 31.7 Å². The number of nitrogens with one attached hydrogen (secondary N) is 1. The number of carbonyl (C=O) groups is 2. The van der Waals surface area contributed by atoms with Gasteiger partial charge in [0.1, 0.15) is 0 Å². The van der Waals surface area contributed by atoms with E-state index in [4.69, 9.17) is 14.2 Å². The van der Waals surface area contributed by atoms with Crippen LogP contribution in [0.1, 0.15) is 24.5 Å². The number of para-hydroxylation sites is 2. The molecule has 0 unspecified atom stereocenters. The van der Waals surface area contributed by atoms with E-state index in [-0.39, 0.29) is 13.2 Å². The highest BCUT2D eigenvalue weighted by atomic mass is 16.6. The summed E-state index contributed by atoms with van der Waals surface area (Å²) in [5.74, 6) is 0.00249. The lowest BCUT2D eigenvalue weighted by Gasteiger charge is -2.12. The first kappa shape index (κ1) is 20.3. The Balaban J connectivity index is 1.79. The van der Waals surface area contributed by atoms with Crippen LogP contribution in [0, 0.1) is 13.8 Å². The maximum Gasteiger partial charge on any atom is 0.344 e. The van der Waals surface area contributed by atoms with E-state index >= 15 is 0 Å². The van der Waals surface area contributed by atoms with Crippen molar-refractivity contribution in [2.45, 2.75) is 27.2 Å². The van der Waals surface area contributed by atoms with Crippen LogP contribution in [0.5, 0.6) is 11.5 Å². The van der Waals surface area contributed by atoms with Gasteiger partial charge in [-0.05, 0) is 49.6 Å². The van der Waals surface area contributed by atoms with Gasteiger partial charge in [0.05, 0.1) is 6.61 Å². The molecule has 0 heterocycles. The Hall–Kier alpha value is -3.02. The number of rotatable bonds is 9. The standard InChI is InChI=1S/C21H25NO5/c1-4-12-25-18-10-5-6-11-19(18)26-14-21(24)27-13-20(23)22-17-9-7-8-15(2)16(17)3/h5-11H,4,12-14H2,1-3H3,(H,22,23). The molecule has 0 aliphatic carbocycles. The van der Waals surface area contributed by atoms with Gasteiger partial charge in [0.2, 0.25) is 0 Å². The molecule has 6 nitrogen and oxygen atoms in total. The van der Waals surface area contributed by atoms with E-state index in [0.29, 0.717) is 23.8 Å². The Kier molecular flexibility index (Phi) is 7.67. The molecule has 1 N–H and O–H groups in total. The number of ether oxygens (including phenoxy) is 3. The predicted octanol–water partition coefficient (Wildman–Crippen LogP) is 3.65. The Morgan fingerprint density at radius 2 is 1.63 bits per heavy atom. The SMILES string of the molecule is CCCOc1ccccc1OCC(=O)OCC(=O)Nc1cccc(C)c1C. The number of hydrogen-bond acceptors (Lipinski definition) is 5. The smallest absolute Gasteiger partial charge is 0.344 e. The zero-order valence-electron chi connectivity index (χ0n) is 15.9. The second-order valence-corrected chi connectivity index (χ2v) is 6.04. The van der Waals surface area contributed by atoms with Crippen molar-refractivity contribution >= 4 is 17.6 Å². The van der Waals surface area contributed by atoms with Crippen molar-refractivity contribution in [3.8, 4) is 11.5 Å². The molecule has 0 saturated heterocycles. The summed E-state index contributed by atoms with van der Waals surface area (Å²) in [5.41, 5.74) is 2.75. The second-order valence-electron chi connectivity index (χ2n) is 6.04. The fraction of sp³-hybridized carbons (Fsp3) is 0.333. The average Bonchev–Trinajstić information content (AvgIpc) is 2.67. The summed E-state index contributed by atoms with van der Waals surface area (Å²) in [6.07, 6.45) is 0.867. The molecule has 2 aromatic carbocycles. The van der Waals surface area contributed by atoms with Gasteiger partial charge in [-0.15, -0.1) is 0 Å². The lowest BCUT2D eigenvalue weighted by Crippen LogP contribution is -2.24. The zero-order valence-corrected chi connectivity index (χ0v) is 15.9. The number of aryl methyl sites for hydroxylation is 1. The van der Waals surface area contributed by atoms with Gasteiger partial charge in [-0.1, -0.05) is 31.2 Å². The number of hydrogen-bond donors (Lipinski definition) is 1. The molecule has 144 valence electrons. The first-order valence-corrected chi connectivity index (χ1v) is 8.87. The van der Waals surface area contributed by atoms with Crippen LogP contribution < -0.4 is 14.8 Å². The summed E-state index contributed by atoms with van der Waals surface area (Å²) < 4.78 is 16.0. The summed E-state index contributed by atoms with van der Waals surface area (Å²) in [6.45, 7) is 5.77. The topological polar surface area (TPSA) is 73.9 Å². The molecule has 2 aromatic rings. The highest BCUT2D eigenvalue weighted by Crippen LogP contribution is 2.26. The van der Waals surface area contributed by atoms with Crippen LogP contribution >= 0.6 is 0 Å². The Morgan fingerprint density at radius 1 is 0.926 bits per heavy atom. The maximum atomic E-state index is 12.0. The van der Waals surface area contributed by atoms with Crippen molar-refractivity contribution in [1.82, 2.24) is 0 Å². The highest BCUT2D eigenvalue weighted by molar-refractivity contribution is 5.93. The lowest BCUT2D eigenvalue weighted by molar-refractivity contribution is -0.149. The van der Waals surface area contributed by atoms with E-state index in [1.807, 2.05) is 39.0 Å². The molecule has 1 amide bonds. The van der Waals surface area contributed by atoms with E-state index in [2.05, 4.69) is 5.32 Å². The molecule has 0 atom stereocenters. The first-order valence-electron chi connectivity index (χ1n) is 8.87. The molecule has 0 spiro atoms. The normalized spacial score (nSPS) is 10.2. The molecule has 0 saturated carbocycles. The van der Waals surface area contributed by atoms with Gasteiger partial charge in [-0.2, -0.15) is 0 Å². The van der Waals surface area contributed by atoms with Crippen molar-refractivity contribution in [3.05, 3.63) is 53.6 Å². The van der Waals surface area contributed by atoms with Crippen LogP contribution in [0.15, 0.2) is 42.5 Å². The molecular formula is C21H25NO5. The number of carbonyl (C=O) groups excluding carboxylic acids is 2. The third-order valence-corrected chi connectivity index (χ3v) is 3.90. The molecule has 27 heavy (non-hydrogen) atoms. The predicted molar refractivity (Wildman–Crippen MR) is 103 cm³/mol. The summed E-state index contributed by atoms with van der Waals surface area (Å²) in [6, 6.07) is 12.7. The van der Waals surface area contributed by atoms with Crippen molar-refractivity contribution < 1.29 is 23.8 Å². The minimum atomic E-state index is -0.628. The largest absolute Gasteiger partial charge is 0.490 e. The van der Waals surface area contributed by atoms with Gasteiger partial charge in [0.25, 0.3) is 5.91 Å². The minimum Gasteiger partial charge on any atom is -0.490 e. The van der Waals surface area contributed by atoms with Crippen molar-refractivity contribution in [2.24, 2.45) is 0 Å². The number of esters is 1. The van der Waals surface area contributed by atoms with Gasteiger partial charge in [-0.3, -0.25) is 4.79 Å². The van der Waals surface area contributed by atoms with Gasteiger partial charge in [0, 0.05) is 5.69 Å². The monoisotopic (exact) mass is 371 g/mol. The highest BCUT2D eigenvalue weighted by Gasteiger charge is 2.12. The summed E-state index contributed by atoms with van der Waals surface area (Å²) in [7, 11) is 0. The molecule has 0 radical (unpaired) electrons. The maximum absolute atomic E-state index is 12.0. The second kappa shape index (κ2) is 10.2. The zero-order chi connectivity index (χ0) is 19.6. The Bertz CT molecular complexity index is 788. The summed E-state index contributed by atoms with van der Waals surface area (Å²) in [5, 5.41) is 2.74. The van der Waals surface area contributed by atoms with E-state index in [1.54, 1.807) is 24.3 Å². The van der Waals surface area contributed by atoms with Crippen molar-refractivity contribution in [1.29, 1.82) is 0 Å².